The van der Waals surface area contributed by atoms with Crippen LogP contribution in [0.3, 0.4) is 0 Å². The van der Waals surface area contributed by atoms with Crippen molar-refractivity contribution in [3.8, 4) is 0 Å². The molecule has 0 aromatic carbocycles. The van der Waals surface area contributed by atoms with Crippen molar-refractivity contribution in [2.75, 3.05) is 6.54 Å². The minimum absolute atomic E-state index is 0.0129. The van der Waals surface area contributed by atoms with Crippen molar-refractivity contribution >= 4 is 11.6 Å². The van der Waals surface area contributed by atoms with Gasteiger partial charge in [-0.3, -0.25) is 9.20 Å². The topological polar surface area (TPSA) is 105 Å². The zero-order valence-electron chi connectivity index (χ0n) is 15.0. The van der Waals surface area contributed by atoms with Gasteiger partial charge in [0.15, 0.2) is 5.65 Å². The number of hydrogen-bond donors (Lipinski definition) is 2. The van der Waals surface area contributed by atoms with E-state index in [1.54, 1.807) is 6.92 Å². The number of aryl methyl sites for hydroxylation is 3. The fraction of sp³-hybridized carbons (Fsp3) is 0.389. The van der Waals surface area contributed by atoms with Crippen LogP contribution in [0.2, 0.25) is 0 Å². The lowest BCUT2D eigenvalue weighted by atomic mass is 10.1. The SMILES string of the molecule is Cc1nc(=O)[nH]c(C)c1CCC(=O)NCCCc1nnc2ccccn12. The molecule has 0 aliphatic rings. The van der Waals surface area contributed by atoms with Crippen LogP contribution in [0.15, 0.2) is 29.2 Å². The molecule has 3 aromatic heterocycles. The van der Waals surface area contributed by atoms with Crippen LogP contribution in [-0.2, 0) is 17.6 Å². The lowest BCUT2D eigenvalue weighted by molar-refractivity contribution is -0.121. The number of rotatable bonds is 7. The maximum atomic E-state index is 12.0. The summed E-state index contributed by atoms with van der Waals surface area (Å²) in [4.78, 5) is 29.9. The van der Waals surface area contributed by atoms with Crippen molar-refractivity contribution in [1.82, 2.24) is 29.9 Å². The second kappa shape index (κ2) is 7.90. The Morgan fingerprint density at radius 2 is 2.08 bits per heavy atom. The maximum absolute atomic E-state index is 12.0. The minimum atomic E-state index is -0.353. The molecule has 0 atom stereocenters. The van der Waals surface area contributed by atoms with Gasteiger partial charge in [-0.05, 0) is 44.4 Å². The van der Waals surface area contributed by atoms with E-state index in [1.807, 2.05) is 35.7 Å². The van der Waals surface area contributed by atoms with Crippen LogP contribution in [0.5, 0.6) is 0 Å². The summed E-state index contributed by atoms with van der Waals surface area (Å²) in [7, 11) is 0. The van der Waals surface area contributed by atoms with E-state index >= 15 is 0 Å². The first kappa shape index (κ1) is 17.8. The van der Waals surface area contributed by atoms with Crippen LogP contribution in [0.1, 0.15) is 35.6 Å². The van der Waals surface area contributed by atoms with E-state index in [4.69, 9.17) is 0 Å². The second-order valence-electron chi connectivity index (χ2n) is 6.23. The number of nitrogens with one attached hydrogen (secondary N) is 2. The van der Waals surface area contributed by atoms with Gasteiger partial charge in [-0.2, -0.15) is 4.98 Å². The molecule has 0 radical (unpaired) electrons. The quantitative estimate of drug-likeness (QED) is 0.619. The molecule has 0 unspecified atom stereocenters. The van der Waals surface area contributed by atoms with Crippen LogP contribution >= 0.6 is 0 Å². The highest BCUT2D eigenvalue weighted by Crippen LogP contribution is 2.09. The predicted molar refractivity (Wildman–Crippen MR) is 97.0 cm³/mol. The predicted octanol–water partition coefficient (Wildman–Crippen LogP) is 1.11. The van der Waals surface area contributed by atoms with E-state index in [9.17, 15) is 9.59 Å². The number of carbonyl (C=O) groups excluding carboxylic acids is 1. The molecule has 0 saturated carbocycles. The lowest BCUT2D eigenvalue weighted by Gasteiger charge is -2.08. The Morgan fingerprint density at radius 1 is 1.23 bits per heavy atom. The van der Waals surface area contributed by atoms with Crippen LogP contribution in [0.25, 0.3) is 5.65 Å². The molecule has 0 aliphatic heterocycles. The van der Waals surface area contributed by atoms with Crippen LogP contribution in [0.4, 0.5) is 0 Å². The number of hydrogen-bond acceptors (Lipinski definition) is 5. The Balaban J connectivity index is 1.44. The summed E-state index contributed by atoms with van der Waals surface area (Å²) in [6.45, 7) is 4.20. The number of aromatic nitrogens is 5. The molecule has 0 saturated heterocycles. The molecule has 8 nitrogen and oxygen atoms in total. The third-order valence-electron chi connectivity index (χ3n) is 4.34. The molecule has 3 rings (SSSR count). The standard InChI is InChI=1S/C18H22N6O2/c1-12-14(13(2)21-18(26)20-12)8-9-17(25)19-10-5-7-16-23-22-15-6-3-4-11-24(15)16/h3-4,6,11H,5,7-10H2,1-2H3,(H,19,25)(H,20,21,26). The van der Waals surface area contributed by atoms with Gasteiger partial charge in [-0.1, -0.05) is 6.07 Å². The molecule has 0 fully saturated rings. The van der Waals surface area contributed by atoms with Gasteiger partial charge in [0.1, 0.15) is 5.82 Å². The van der Waals surface area contributed by atoms with Crippen molar-refractivity contribution < 1.29 is 4.79 Å². The lowest BCUT2D eigenvalue weighted by Crippen LogP contribution is -2.25. The first-order valence-corrected chi connectivity index (χ1v) is 8.66. The van der Waals surface area contributed by atoms with Gasteiger partial charge in [-0.25, -0.2) is 4.79 Å². The molecule has 0 bridgehead atoms. The molecular formula is C18H22N6O2. The highest BCUT2D eigenvalue weighted by atomic mass is 16.1. The van der Waals surface area contributed by atoms with Gasteiger partial charge in [-0.15, -0.1) is 10.2 Å². The van der Waals surface area contributed by atoms with Gasteiger partial charge < -0.3 is 10.3 Å². The maximum Gasteiger partial charge on any atom is 0.345 e. The first-order chi connectivity index (χ1) is 12.5. The summed E-state index contributed by atoms with van der Waals surface area (Å²) < 4.78 is 1.95. The van der Waals surface area contributed by atoms with E-state index in [-0.39, 0.29) is 11.6 Å². The third kappa shape index (κ3) is 4.14. The largest absolute Gasteiger partial charge is 0.356 e. The van der Waals surface area contributed by atoms with Gasteiger partial charge in [0.2, 0.25) is 5.91 Å². The van der Waals surface area contributed by atoms with Crippen molar-refractivity contribution in [2.24, 2.45) is 0 Å². The smallest absolute Gasteiger partial charge is 0.345 e. The summed E-state index contributed by atoms with van der Waals surface area (Å²) in [6.07, 6.45) is 4.39. The van der Waals surface area contributed by atoms with Crippen molar-refractivity contribution in [3.05, 3.63) is 57.7 Å². The minimum Gasteiger partial charge on any atom is -0.356 e. The highest BCUT2D eigenvalue weighted by molar-refractivity contribution is 5.76. The molecule has 8 heteroatoms. The van der Waals surface area contributed by atoms with Gasteiger partial charge in [0.05, 0.1) is 0 Å². The summed E-state index contributed by atoms with van der Waals surface area (Å²) in [5.41, 5.74) is 2.85. The summed E-state index contributed by atoms with van der Waals surface area (Å²) in [6, 6.07) is 5.78. The average molecular weight is 354 g/mol. The molecular weight excluding hydrogens is 332 g/mol. The Labute approximate surface area is 150 Å². The van der Waals surface area contributed by atoms with Crippen LogP contribution < -0.4 is 11.0 Å². The summed E-state index contributed by atoms with van der Waals surface area (Å²) in [5.74, 6) is 0.876. The number of H-pyrrole nitrogens is 1. The Bertz CT molecular complexity index is 949. The molecule has 136 valence electrons. The summed E-state index contributed by atoms with van der Waals surface area (Å²) in [5, 5.41) is 11.2. The van der Waals surface area contributed by atoms with E-state index < -0.39 is 0 Å². The zero-order chi connectivity index (χ0) is 18.5. The number of pyridine rings is 1. The monoisotopic (exact) mass is 354 g/mol. The van der Waals surface area contributed by atoms with Gasteiger partial charge >= 0.3 is 5.69 Å². The fourth-order valence-electron chi connectivity index (χ4n) is 2.99. The van der Waals surface area contributed by atoms with Gasteiger partial charge in [0.25, 0.3) is 0 Å². The zero-order valence-corrected chi connectivity index (χ0v) is 15.0. The van der Waals surface area contributed by atoms with E-state index in [0.29, 0.717) is 25.1 Å². The molecule has 0 aliphatic carbocycles. The number of amides is 1. The van der Waals surface area contributed by atoms with E-state index in [2.05, 4.69) is 25.5 Å². The highest BCUT2D eigenvalue weighted by Gasteiger charge is 2.09. The van der Waals surface area contributed by atoms with Crippen molar-refractivity contribution in [1.29, 1.82) is 0 Å². The number of fused-ring (bicyclic) bond motifs is 1. The Hall–Kier alpha value is -3.03. The Kier molecular flexibility index (Phi) is 5.40. The molecule has 3 aromatic rings. The Morgan fingerprint density at radius 3 is 2.88 bits per heavy atom. The molecule has 26 heavy (non-hydrogen) atoms. The molecule has 2 N–H and O–H groups in total. The number of nitrogens with zero attached hydrogens (tertiary/aromatic N) is 4. The van der Waals surface area contributed by atoms with E-state index in [0.717, 1.165) is 35.6 Å². The van der Waals surface area contributed by atoms with Crippen LogP contribution in [-0.4, -0.2) is 37.0 Å². The van der Waals surface area contributed by atoms with Crippen LogP contribution in [0, 0.1) is 13.8 Å². The van der Waals surface area contributed by atoms with Gasteiger partial charge in [0, 0.05) is 37.0 Å². The first-order valence-electron chi connectivity index (χ1n) is 8.66. The normalized spacial score (nSPS) is 11.0. The summed E-state index contributed by atoms with van der Waals surface area (Å²) >= 11 is 0. The van der Waals surface area contributed by atoms with E-state index in [1.165, 1.54) is 0 Å². The fourth-order valence-corrected chi connectivity index (χ4v) is 2.99. The van der Waals surface area contributed by atoms with Crippen molar-refractivity contribution in [2.45, 2.75) is 39.5 Å². The number of aromatic amines is 1. The molecule has 3 heterocycles. The van der Waals surface area contributed by atoms with Crippen molar-refractivity contribution in [3.63, 3.8) is 0 Å². The molecule has 0 spiro atoms. The molecule has 1 amide bonds. The number of carbonyl (C=O) groups is 1. The average Bonchev–Trinajstić information content (AvgIpc) is 3.01. The second-order valence-corrected chi connectivity index (χ2v) is 6.23. The third-order valence-corrected chi connectivity index (χ3v) is 4.34.